The molecule has 200 valence electrons. The van der Waals surface area contributed by atoms with Gasteiger partial charge >= 0.3 is 11.9 Å². The molecule has 12 heteroatoms. The maximum atomic E-state index is 13.1. The molecule has 2 aliphatic heterocycles. The number of carbonyl (C=O) groups excluding carboxylic acids is 2. The number of pyridine rings is 2. The summed E-state index contributed by atoms with van der Waals surface area (Å²) in [6.45, 7) is 4.17. The summed E-state index contributed by atoms with van der Waals surface area (Å²) in [4.78, 5) is 51.0. The SMILES string of the molecule is CCC1(O)C(=O)OCc2c1cc1n(c2=O)Cc2cc3c([N+](=O)[O-])cccc3nc2-1.CCCCOC(=O)CN. The molecule has 0 aliphatic carbocycles. The highest BCUT2D eigenvalue weighted by molar-refractivity contribution is 5.91. The number of benzene rings is 1. The van der Waals surface area contributed by atoms with E-state index < -0.39 is 16.5 Å². The first kappa shape index (κ1) is 26.9. The molecule has 0 amide bonds. The molecule has 38 heavy (non-hydrogen) atoms. The van der Waals surface area contributed by atoms with Gasteiger partial charge in [-0.25, -0.2) is 9.78 Å². The van der Waals surface area contributed by atoms with E-state index in [1.54, 1.807) is 31.2 Å². The summed E-state index contributed by atoms with van der Waals surface area (Å²) in [5.41, 5.74) is 5.22. The zero-order valence-corrected chi connectivity index (χ0v) is 21.1. The molecule has 0 saturated heterocycles. The third-order valence-corrected chi connectivity index (χ3v) is 6.65. The van der Waals surface area contributed by atoms with Crippen LogP contribution in [0.2, 0.25) is 0 Å². The number of rotatable bonds is 6. The summed E-state index contributed by atoms with van der Waals surface area (Å²) >= 11 is 0. The molecule has 0 spiro atoms. The Hall–Kier alpha value is -4.16. The highest BCUT2D eigenvalue weighted by Crippen LogP contribution is 2.39. The largest absolute Gasteiger partial charge is 0.465 e. The lowest BCUT2D eigenvalue weighted by molar-refractivity contribution is -0.383. The van der Waals surface area contributed by atoms with E-state index in [9.17, 15) is 29.6 Å². The molecule has 3 N–H and O–H groups in total. The Morgan fingerprint density at radius 2 is 2.08 bits per heavy atom. The smallest absolute Gasteiger partial charge is 0.343 e. The lowest BCUT2D eigenvalue weighted by atomic mass is 9.86. The fraction of sp³-hybridized carbons (Fsp3) is 0.385. The van der Waals surface area contributed by atoms with E-state index in [-0.39, 0.29) is 54.5 Å². The van der Waals surface area contributed by atoms with Gasteiger partial charge in [0.25, 0.3) is 11.2 Å². The van der Waals surface area contributed by atoms with E-state index in [1.165, 1.54) is 10.6 Å². The van der Waals surface area contributed by atoms with E-state index in [1.807, 2.05) is 6.92 Å². The van der Waals surface area contributed by atoms with Crippen LogP contribution in [0.5, 0.6) is 0 Å². The zero-order chi connectivity index (χ0) is 27.6. The van der Waals surface area contributed by atoms with E-state index in [0.717, 1.165) is 12.8 Å². The summed E-state index contributed by atoms with van der Waals surface area (Å²) in [5.74, 6) is -1.10. The number of esters is 2. The molecule has 5 rings (SSSR count). The van der Waals surface area contributed by atoms with Crippen molar-refractivity contribution < 1.29 is 29.1 Å². The zero-order valence-electron chi connectivity index (χ0n) is 21.1. The Labute approximate surface area is 217 Å². The third-order valence-electron chi connectivity index (χ3n) is 6.65. The molecule has 3 aromatic rings. The first-order valence-corrected chi connectivity index (χ1v) is 12.3. The van der Waals surface area contributed by atoms with E-state index in [0.29, 0.717) is 34.5 Å². The van der Waals surface area contributed by atoms with Crippen molar-refractivity contribution in [3.8, 4) is 11.4 Å². The molecule has 0 bridgehead atoms. The van der Waals surface area contributed by atoms with Crippen molar-refractivity contribution in [2.45, 2.75) is 51.9 Å². The van der Waals surface area contributed by atoms with Crippen LogP contribution in [0.25, 0.3) is 22.3 Å². The summed E-state index contributed by atoms with van der Waals surface area (Å²) in [7, 11) is 0. The van der Waals surface area contributed by atoms with Crippen molar-refractivity contribution in [3.05, 3.63) is 67.5 Å². The number of unbranched alkanes of at least 4 members (excludes halogenated alkanes) is 1. The van der Waals surface area contributed by atoms with Crippen LogP contribution >= 0.6 is 0 Å². The van der Waals surface area contributed by atoms with Gasteiger partial charge in [0.05, 0.1) is 52.5 Å². The average molecular weight is 525 g/mol. The predicted octanol–water partition coefficient (Wildman–Crippen LogP) is 2.28. The first-order valence-electron chi connectivity index (χ1n) is 12.3. The van der Waals surface area contributed by atoms with Gasteiger partial charge in [-0.15, -0.1) is 0 Å². The third kappa shape index (κ3) is 4.63. The number of nitrogens with zero attached hydrogens (tertiary/aromatic N) is 3. The molecule has 1 atom stereocenters. The normalized spacial score (nSPS) is 17.0. The van der Waals surface area contributed by atoms with Crippen LogP contribution in [0, 0.1) is 10.1 Å². The standard InChI is InChI=1S/C20H15N3O6.C6H13NO2/c1-2-20(26)13-7-16-17-10(8-22(16)18(24)12(13)9-29-19(20)25)6-11-14(21-17)4-3-5-15(11)23(27)28;1-2-3-4-9-6(8)5-7/h3-7,26H,2,8-9H2,1H3;2-5,7H2,1H3. The lowest BCUT2D eigenvalue weighted by Gasteiger charge is -2.31. The van der Waals surface area contributed by atoms with Crippen LogP contribution in [0.4, 0.5) is 5.69 Å². The van der Waals surface area contributed by atoms with Gasteiger partial charge in [-0.3, -0.25) is 19.7 Å². The van der Waals surface area contributed by atoms with Gasteiger partial charge in [0.2, 0.25) is 0 Å². The number of aromatic nitrogens is 2. The number of aliphatic hydroxyl groups is 1. The molecule has 4 heterocycles. The number of cyclic esters (lactones) is 1. The minimum absolute atomic E-state index is 0.0102. The second-order valence-corrected chi connectivity index (χ2v) is 8.98. The van der Waals surface area contributed by atoms with E-state index >= 15 is 0 Å². The molecule has 2 aromatic heterocycles. The lowest BCUT2D eigenvalue weighted by Crippen LogP contribution is -2.44. The Kier molecular flexibility index (Phi) is 7.56. The van der Waals surface area contributed by atoms with Crippen molar-refractivity contribution in [1.82, 2.24) is 9.55 Å². The number of hydrogen-bond acceptors (Lipinski definition) is 10. The van der Waals surface area contributed by atoms with Crippen molar-refractivity contribution >= 4 is 28.5 Å². The number of fused-ring (bicyclic) bond motifs is 5. The quantitative estimate of drug-likeness (QED) is 0.165. The number of non-ortho nitro benzene ring substituents is 1. The predicted molar refractivity (Wildman–Crippen MR) is 136 cm³/mol. The number of nitrogens with two attached hydrogens (primary N) is 1. The number of ether oxygens (including phenoxy) is 2. The summed E-state index contributed by atoms with van der Waals surface area (Å²) < 4.78 is 11.2. The highest BCUT2D eigenvalue weighted by Gasteiger charge is 2.45. The molecule has 0 fully saturated rings. The van der Waals surface area contributed by atoms with E-state index in [2.05, 4.69) is 9.72 Å². The van der Waals surface area contributed by atoms with E-state index in [4.69, 9.17) is 10.5 Å². The van der Waals surface area contributed by atoms with Gasteiger partial charge in [-0.05, 0) is 31.0 Å². The molecule has 0 saturated carbocycles. The minimum atomic E-state index is -1.89. The number of hydrogen-bond donors (Lipinski definition) is 2. The van der Waals surface area contributed by atoms with Gasteiger partial charge in [-0.1, -0.05) is 26.3 Å². The molecule has 1 aromatic carbocycles. The summed E-state index contributed by atoms with van der Waals surface area (Å²) in [6, 6.07) is 7.92. The van der Waals surface area contributed by atoms with Crippen molar-refractivity contribution in [3.63, 3.8) is 0 Å². The Balaban J connectivity index is 0.000000323. The van der Waals surface area contributed by atoms with Gasteiger partial charge in [0, 0.05) is 17.2 Å². The molecular weight excluding hydrogens is 496 g/mol. The van der Waals surface area contributed by atoms with Crippen LogP contribution < -0.4 is 11.3 Å². The summed E-state index contributed by atoms with van der Waals surface area (Å²) in [6.07, 6.45) is 2.02. The van der Waals surface area contributed by atoms with Crippen LogP contribution in [-0.2, 0) is 37.8 Å². The monoisotopic (exact) mass is 524 g/mol. The van der Waals surface area contributed by atoms with Crippen LogP contribution in [0.15, 0.2) is 35.1 Å². The second-order valence-electron chi connectivity index (χ2n) is 8.98. The maximum Gasteiger partial charge on any atom is 0.343 e. The number of nitro benzene ring substituents is 1. The van der Waals surface area contributed by atoms with Crippen LogP contribution in [0.1, 0.15) is 49.8 Å². The Morgan fingerprint density at radius 3 is 2.74 bits per heavy atom. The topological polar surface area (TPSA) is 177 Å². The van der Waals surface area contributed by atoms with Crippen molar-refractivity contribution in [2.24, 2.45) is 5.73 Å². The molecule has 1 unspecified atom stereocenters. The van der Waals surface area contributed by atoms with Gasteiger partial charge in [-0.2, -0.15) is 0 Å². The maximum absolute atomic E-state index is 13.1. The molecule has 0 radical (unpaired) electrons. The Bertz CT molecular complexity index is 1500. The van der Waals surface area contributed by atoms with Crippen molar-refractivity contribution in [2.75, 3.05) is 13.2 Å². The highest BCUT2D eigenvalue weighted by atomic mass is 16.6. The second kappa shape index (κ2) is 10.7. The van der Waals surface area contributed by atoms with Crippen LogP contribution in [-0.4, -0.2) is 44.7 Å². The summed E-state index contributed by atoms with van der Waals surface area (Å²) in [5, 5.41) is 22.6. The minimum Gasteiger partial charge on any atom is -0.465 e. The van der Waals surface area contributed by atoms with Crippen molar-refractivity contribution in [1.29, 1.82) is 0 Å². The Morgan fingerprint density at radius 1 is 1.32 bits per heavy atom. The van der Waals surface area contributed by atoms with Gasteiger partial charge < -0.3 is 24.9 Å². The molecular formula is C26H28N4O8. The van der Waals surface area contributed by atoms with Crippen LogP contribution in [0.3, 0.4) is 0 Å². The fourth-order valence-electron chi connectivity index (χ4n) is 4.54. The average Bonchev–Trinajstić information content (AvgIpc) is 3.27. The van der Waals surface area contributed by atoms with Gasteiger partial charge in [0.15, 0.2) is 5.60 Å². The van der Waals surface area contributed by atoms with Gasteiger partial charge in [0.1, 0.15) is 6.61 Å². The molecule has 2 aliphatic rings. The number of carbonyl (C=O) groups is 2. The fourth-order valence-corrected chi connectivity index (χ4v) is 4.54. The number of nitro groups is 1. The molecule has 12 nitrogen and oxygen atoms in total. The first-order chi connectivity index (χ1) is 18.2.